The van der Waals surface area contributed by atoms with Crippen molar-refractivity contribution in [3.8, 4) is 0 Å². The lowest BCUT2D eigenvalue weighted by Gasteiger charge is -1.69. The van der Waals surface area contributed by atoms with Gasteiger partial charge in [-0.3, -0.25) is 4.79 Å². The van der Waals surface area contributed by atoms with E-state index in [9.17, 15) is 4.79 Å². The Morgan fingerprint density at radius 3 is 2.14 bits per heavy atom. The molecule has 0 aliphatic carbocycles. The second-order valence-corrected chi connectivity index (χ2v) is 0.839. The van der Waals surface area contributed by atoms with Crippen molar-refractivity contribution in [3.05, 3.63) is 4.91 Å². The van der Waals surface area contributed by atoms with E-state index >= 15 is 0 Å². The predicted octanol–water partition coefficient (Wildman–Crippen LogP) is 1.11. The minimum absolute atomic E-state index is 0. The summed E-state index contributed by atoms with van der Waals surface area (Å²) < 4.78 is 0. The fourth-order valence-corrected chi connectivity index (χ4v) is 0.0645. The van der Waals surface area contributed by atoms with E-state index in [0.717, 1.165) is 0 Å². The Balaban J connectivity index is 0. The van der Waals surface area contributed by atoms with Crippen LogP contribution < -0.4 is 0 Å². The lowest BCUT2D eigenvalue weighted by molar-refractivity contribution is -0.117. The zero-order valence-electron chi connectivity index (χ0n) is 3.88. The van der Waals surface area contributed by atoms with Gasteiger partial charge in [-0.05, 0) is 0 Å². The Labute approximate surface area is 47.5 Å². The average Bonchev–Trinajstić information content (AvgIpc) is 1.65. The normalized spacial score (nSPS) is 6.43. The van der Waals surface area contributed by atoms with Crippen LogP contribution in [-0.4, -0.2) is 5.91 Å². The molecule has 0 N–H and O–H groups in total. The van der Waals surface area contributed by atoms with Gasteiger partial charge in [0.2, 0.25) is 0 Å². The highest BCUT2D eigenvalue weighted by Gasteiger charge is 1.88. The number of hydrogen-bond acceptors (Lipinski definition) is 2. The summed E-state index contributed by atoms with van der Waals surface area (Å²) in [5, 5.41) is 2.12. The van der Waals surface area contributed by atoms with Crippen LogP contribution >= 0.6 is 12.4 Å². The first-order valence-electron chi connectivity index (χ1n) is 1.67. The van der Waals surface area contributed by atoms with Gasteiger partial charge in [-0.25, -0.2) is 0 Å². The smallest absolute Gasteiger partial charge is 0.269 e. The standard InChI is InChI=1S/C3H5NO2.ClH/c1-2-3(5)4-6;/h2H2,1H3;1H. The number of amides is 1. The van der Waals surface area contributed by atoms with Crippen LogP contribution in [0.15, 0.2) is 5.18 Å². The molecular formula is C3H6ClNO2. The second kappa shape index (κ2) is 5.56. The minimum atomic E-state index is -0.588. The molecule has 1 amide bonds. The molecule has 0 aromatic carbocycles. The van der Waals surface area contributed by atoms with Gasteiger partial charge in [0.25, 0.3) is 5.91 Å². The topological polar surface area (TPSA) is 46.5 Å². The number of nitroso groups, excluding NO2 is 1. The number of halogens is 1. The van der Waals surface area contributed by atoms with Gasteiger partial charge >= 0.3 is 0 Å². The summed E-state index contributed by atoms with van der Waals surface area (Å²) >= 11 is 0. The van der Waals surface area contributed by atoms with E-state index in [-0.39, 0.29) is 18.8 Å². The molecule has 0 radical (unpaired) electrons. The van der Waals surface area contributed by atoms with Gasteiger partial charge in [0.05, 0.1) is 0 Å². The van der Waals surface area contributed by atoms with Gasteiger partial charge in [0.15, 0.2) is 0 Å². The lowest BCUT2D eigenvalue weighted by Crippen LogP contribution is -1.83. The SMILES string of the molecule is CCC(=O)N=O.Cl. The summed E-state index contributed by atoms with van der Waals surface area (Å²) in [7, 11) is 0. The van der Waals surface area contributed by atoms with Crippen LogP contribution in [0, 0.1) is 4.91 Å². The van der Waals surface area contributed by atoms with Gasteiger partial charge in [-0.2, -0.15) is 0 Å². The van der Waals surface area contributed by atoms with E-state index < -0.39 is 5.91 Å². The monoisotopic (exact) mass is 123 g/mol. The summed E-state index contributed by atoms with van der Waals surface area (Å²) in [6, 6.07) is 0. The molecule has 0 bridgehead atoms. The maximum atomic E-state index is 9.70. The summed E-state index contributed by atoms with van der Waals surface area (Å²) in [6.45, 7) is 1.59. The van der Waals surface area contributed by atoms with Crippen LogP contribution in [-0.2, 0) is 4.79 Å². The van der Waals surface area contributed by atoms with E-state index in [2.05, 4.69) is 5.18 Å². The zero-order valence-corrected chi connectivity index (χ0v) is 4.70. The molecule has 0 saturated heterocycles. The first kappa shape index (κ1) is 9.75. The Kier molecular flexibility index (Phi) is 7.75. The van der Waals surface area contributed by atoms with Gasteiger partial charge in [0.1, 0.15) is 0 Å². The Morgan fingerprint density at radius 1 is 1.71 bits per heavy atom. The molecule has 42 valence electrons. The van der Waals surface area contributed by atoms with Crippen LogP contribution in [0.25, 0.3) is 0 Å². The van der Waals surface area contributed by atoms with E-state index in [1.807, 2.05) is 0 Å². The average molecular weight is 124 g/mol. The minimum Gasteiger partial charge on any atom is -0.269 e. The van der Waals surface area contributed by atoms with Gasteiger partial charge in [-0.1, -0.05) is 6.92 Å². The van der Waals surface area contributed by atoms with Crippen molar-refractivity contribution in [1.82, 2.24) is 0 Å². The molecule has 0 aromatic heterocycles. The van der Waals surface area contributed by atoms with E-state index in [1.54, 1.807) is 6.92 Å². The molecule has 0 aliphatic heterocycles. The van der Waals surface area contributed by atoms with Crippen LogP contribution in [0.3, 0.4) is 0 Å². The third-order valence-electron chi connectivity index (χ3n) is 0.404. The summed E-state index contributed by atoms with van der Waals surface area (Å²) in [4.78, 5) is 18.8. The van der Waals surface area contributed by atoms with Crippen molar-refractivity contribution in [1.29, 1.82) is 0 Å². The Morgan fingerprint density at radius 2 is 2.14 bits per heavy atom. The molecule has 7 heavy (non-hydrogen) atoms. The molecule has 0 atom stereocenters. The molecule has 0 aromatic rings. The van der Waals surface area contributed by atoms with Gasteiger partial charge < -0.3 is 0 Å². The van der Waals surface area contributed by atoms with E-state index in [4.69, 9.17) is 4.91 Å². The first-order valence-corrected chi connectivity index (χ1v) is 1.67. The number of hydrogen-bond donors (Lipinski definition) is 0. The number of carbonyl (C=O) groups excluding carboxylic acids is 1. The highest BCUT2D eigenvalue weighted by atomic mass is 35.5. The number of carbonyl (C=O) groups is 1. The molecule has 0 unspecified atom stereocenters. The highest BCUT2D eigenvalue weighted by Crippen LogP contribution is 1.76. The van der Waals surface area contributed by atoms with Crippen LogP contribution in [0.2, 0.25) is 0 Å². The molecule has 0 heterocycles. The fourth-order valence-electron chi connectivity index (χ4n) is 0.0645. The quantitative estimate of drug-likeness (QED) is 0.491. The summed E-state index contributed by atoms with van der Waals surface area (Å²) in [5.74, 6) is -0.588. The fraction of sp³-hybridized carbons (Fsp3) is 0.667. The van der Waals surface area contributed by atoms with Gasteiger partial charge in [0, 0.05) is 11.6 Å². The van der Waals surface area contributed by atoms with Crippen LogP contribution in [0.4, 0.5) is 0 Å². The van der Waals surface area contributed by atoms with Crippen molar-refractivity contribution in [2.75, 3.05) is 0 Å². The van der Waals surface area contributed by atoms with Crippen LogP contribution in [0.5, 0.6) is 0 Å². The summed E-state index contributed by atoms with van der Waals surface area (Å²) in [5.41, 5.74) is 0. The van der Waals surface area contributed by atoms with Crippen molar-refractivity contribution in [2.24, 2.45) is 5.18 Å². The largest absolute Gasteiger partial charge is 0.286 e. The van der Waals surface area contributed by atoms with Crippen molar-refractivity contribution in [2.45, 2.75) is 13.3 Å². The van der Waals surface area contributed by atoms with Crippen LogP contribution in [0.1, 0.15) is 13.3 Å². The lowest BCUT2D eigenvalue weighted by atomic mass is 10.5. The number of nitrogens with zero attached hydrogens (tertiary/aromatic N) is 1. The molecule has 0 aliphatic rings. The van der Waals surface area contributed by atoms with Crippen molar-refractivity contribution in [3.63, 3.8) is 0 Å². The first-order chi connectivity index (χ1) is 2.81. The molecule has 0 spiro atoms. The molecule has 0 rings (SSSR count). The number of rotatable bonds is 1. The molecule has 0 fully saturated rings. The molecule has 3 nitrogen and oxygen atoms in total. The highest BCUT2D eigenvalue weighted by molar-refractivity contribution is 5.85. The molecule has 0 saturated carbocycles. The Hall–Kier alpha value is -0.440. The summed E-state index contributed by atoms with van der Waals surface area (Å²) in [6.07, 6.45) is 0.212. The van der Waals surface area contributed by atoms with Gasteiger partial charge in [-0.15, -0.1) is 17.3 Å². The Bertz CT molecular complexity index is 73.3. The third kappa shape index (κ3) is 5.56. The predicted molar refractivity (Wildman–Crippen MR) is 28.3 cm³/mol. The molecular weight excluding hydrogens is 117 g/mol. The van der Waals surface area contributed by atoms with Crippen molar-refractivity contribution < 1.29 is 4.79 Å². The van der Waals surface area contributed by atoms with E-state index in [0.29, 0.717) is 0 Å². The maximum absolute atomic E-state index is 9.70. The van der Waals surface area contributed by atoms with Crippen molar-refractivity contribution >= 4 is 18.3 Å². The maximum Gasteiger partial charge on any atom is 0.286 e. The van der Waals surface area contributed by atoms with E-state index in [1.165, 1.54) is 0 Å². The zero-order chi connectivity index (χ0) is 4.99. The third-order valence-corrected chi connectivity index (χ3v) is 0.404. The second-order valence-electron chi connectivity index (χ2n) is 0.839. The molecule has 4 heteroatoms.